The molecule has 6 heterocycles. The molecule has 0 saturated heterocycles. The number of alkyl halides is 12. The van der Waals surface area contributed by atoms with Gasteiger partial charge in [-0.1, -0.05) is 90.0 Å². The Balaban J connectivity index is 0.000000211. The molecule has 20 heteroatoms. The Morgan fingerprint density at radius 1 is 0.310 bits per heavy atom. The molecule has 100 heavy (non-hydrogen) atoms. The number of benzene rings is 3. The monoisotopic (exact) mass is 1400 g/mol. The highest BCUT2D eigenvalue weighted by Gasteiger charge is 2.47. The number of hydrogen-bond acceptors (Lipinski definition) is 0. The van der Waals surface area contributed by atoms with Gasteiger partial charge in [-0.3, -0.25) is 0 Å². The van der Waals surface area contributed by atoms with Crippen LogP contribution in [0.4, 0.5) is 61.5 Å². The molecule has 0 aliphatic rings. The molecule has 0 aliphatic heterocycles. The highest BCUT2D eigenvalue weighted by molar-refractivity contribution is 5.80. The third-order valence-electron chi connectivity index (χ3n) is 18.6. The predicted octanol–water partition coefficient (Wildman–Crippen LogP) is 20.3. The minimum Gasteiger partial charge on any atom is -0.205 e. The lowest BCUT2D eigenvalue weighted by molar-refractivity contribution is -0.661. The number of pyridine rings is 6. The predicted molar refractivity (Wildman–Crippen MR) is 362 cm³/mol. The Bertz CT molecular complexity index is 4240. The normalized spacial score (nSPS) is 12.3. The summed E-state index contributed by atoms with van der Waals surface area (Å²) in [5.74, 6) is -1.83. The third kappa shape index (κ3) is 17.0. The maximum atomic E-state index is 15.6. The quantitative estimate of drug-likeness (QED) is 0.0811. The number of halogens is 14. The Hall–Kier alpha value is -8.42. The largest absolute Gasteiger partial charge is 0.422 e. The molecule has 0 amide bonds. The maximum Gasteiger partial charge on any atom is 0.422 e. The van der Waals surface area contributed by atoms with Crippen LogP contribution in [0.25, 0.3) is 67.5 Å². The zero-order valence-corrected chi connectivity index (χ0v) is 60.8. The zero-order chi connectivity index (χ0) is 75.1. The van der Waals surface area contributed by atoms with Gasteiger partial charge in [-0.05, 0) is 127 Å². The van der Waals surface area contributed by atoms with Crippen LogP contribution >= 0.6 is 0 Å². The van der Waals surface area contributed by atoms with Gasteiger partial charge in [0.05, 0.1) is 50.1 Å². The van der Waals surface area contributed by atoms with Gasteiger partial charge in [0, 0.05) is 69.8 Å². The summed E-state index contributed by atoms with van der Waals surface area (Å²) in [6, 6.07) is 23.9. The summed E-state index contributed by atoms with van der Waals surface area (Å²) >= 11 is 0. The maximum absolute atomic E-state index is 15.6. The lowest BCUT2D eigenvalue weighted by atomic mass is 9.87. The van der Waals surface area contributed by atoms with E-state index < -0.39 is 58.6 Å². The molecule has 9 aromatic rings. The minimum atomic E-state index is -5.20. The first kappa shape index (κ1) is 78.9. The fraction of sp³-hybridized carbons (Fsp3) is 0.400. The number of aryl methyl sites for hydroxylation is 6. The molecule has 6 aromatic heterocycles. The Morgan fingerprint density at radius 3 is 0.750 bits per heavy atom. The van der Waals surface area contributed by atoms with E-state index in [9.17, 15) is 52.7 Å². The van der Waals surface area contributed by atoms with E-state index in [-0.39, 0.29) is 92.3 Å². The molecule has 0 fully saturated rings. The summed E-state index contributed by atoms with van der Waals surface area (Å²) in [7, 11) is 10.3. The molecule has 0 aliphatic carbocycles. The summed E-state index contributed by atoms with van der Waals surface area (Å²) in [5, 5.41) is 0. The molecule has 3 aromatic carbocycles. The van der Waals surface area contributed by atoms with Crippen LogP contribution in [0, 0.1) is 25.5 Å². The van der Waals surface area contributed by atoms with Gasteiger partial charge in [0.1, 0.15) is 47.8 Å². The van der Waals surface area contributed by atoms with Crippen molar-refractivity contribution in [2.45, 2.75) is 170 Å². The first-order valence-electron chi connectivity index (χ1n) is 33.4. The molecule has 0 saturated carbocycles. The van der Waals surface area contributed by atoms with Crippen LogP contribution < -0.4 is 27.4 Å². The molecule has 534 valence electrons. The van der Waals surface area contributed by atoms with Crippen LogP contribution in [0.5, 0.6) is 0 Å². The lowest BCUT2D eigenvalue weighted by Gasteiger charge is -2.21. The van der Waals surface area contributed by atoms with E-state index in [4.69, 9.17) is 0 Å². The van der Waals surface area contributed by atoms with E-state index in [1.54, 1.807) is 127 Å². The fourth-order valence-electron chi connectivity index (χ4n) is 12.6. The number of nitrogens with zero attached hydrogens (tertiary/aromatic N) is 6. The van der Waals surface area contributed by atoms with E-state index in [0.29, 0.717) is 23.0 Å². The standard InChI is InChI=1S/C27H30F6N2.C27H31F5N2.C26H31F3N2/c1-15(2)18-8-10-22(34(6)13-18)24-17(5)25(23-11-9-19(16(3)4)14-35(23)7)21(27(31,32)33)12-20(24)26(28,29)30;1-8-19-22(20-11-9-17(15(2)3)13-33(20)6)25(28)24(27(30,31)32)26(29)23(19)21-12-10-18(16(4)5)14-34(21)7;1-16(2)19-8-10-24(30(6)14-19)22-12-21(26(27,28)29)13-23(18(22)5)25-11-9-20(17(3)4)15-31(25)7/h8-16H,1-7H3;9-16H,8H2,1-7H3;8-17H,1-7H3/q3*+2. The zero-order valence-electron chi connectivity index (χ0n) is 60.8. The summed E-state index contributed by atoms with van der Waals surface area (Å²) in [5.41, 5.74) is 4.49. The number of rotatable bonds is 13. The average molecular weight is 1400 g/mol. The van der Waals surface area contributed by atoms with Gasteiger partial charge in [0.15, 0.2) is 48.8 Å². The summed E-state index contributed by atoms with van der Waals surface area (Å²) in [6.07, 6.45) is -8.47. The number of hydrogen-bond donors (Lipinski definition) is 0. The van der Waals surface area contributed by atoms with Crippen molar-refractivity contribution >= 4 is 0 Å². The Labute approximate surface area is 578 Å². The van der Waals surface area contributed by atoms with Gasteiger partial charge in [-0.15, -0.1) is 0 Å². The van der Waals surface area contributed by atoms with Crippen LogP contribution in [0.3, 0.4) is 0 Å². The van der Waals surface area contributed by atoms with Gasteiger partial charge >= 0.3 is 24.7 Å². The van der Waals surface area contributed by atoms with Crippen LogP contribution in [0.1, 0.15) is 198 Å². The Kier molecular flexibility index (Phi) is 24.0. The molecule has 0 atom stereocenters. The van der Waals surface area contributed by atoms with Gasteiger partial charge in [-0.2, -0.15) is 52.7 Å². The highest BCUT2D eigenvalue weighted by Crippen LogP contribution is 2.49. The van der Waals surface area contributed by atoms with Crippen LogP contribution in [-0.4, -0.2) is 0 Å². The Morgan fingerprint density at radius 2 is 0.550 bits per heavy atom. The topological polar surface area (TPSA) is 23.3 Å². The molecule has 0 spiro atoms. The van der Waals surface area contributed by atoms with Crippen molar-refractivity contribution in [3.8, 4) is 67.5 Å². The number of aromatic nitrogens is 6. The van der Waals surface area contributed by atoms with Gasteiger partial charge in [0.2, 0.25) is 34.2 Å². The van der Waals surface area contributed by atoms with Crippen LogP contribution in [-0.2, 0) is 73.4 Å². The fourth-order valence-corrected chi connectivity index (χ4v) is 12.6. The van der Waals surface area contributed by atoms with Crippen molar-refractivity contribution in [2.75, 3.05) is 0 Å². The van der Waals surface area contributed by atoms with Gasteiger partial charge in [0.25, 0.3) is 0 Å². The van der Waals surface area contributed by atoms with Crippen LogP contribution in [0.15, 0.2) is 128 Å². The first-order valence-corrected chi connectivity index (χ1v) is 33.4. The van der Waals surface area contributed by atoms with Crippen molar-refractivity contribution in [3.05, 3.63) is 212 Å². The molecular formula is C80H92F14N6+6. The van der Waals surface area contributed by atoms with Crippen molar-refractivity contribution in [1.29, 1.82) is 0 Å². The molecule has 0 unspecified atom stereocenters. The van der Waals surface area contributed by atoms with Gasteiger partial charge < -0.3 is 0 Å². The van der Waals surface area contributed by atoms with E-state index >= 15 is 8.78 Å². The third-order valence-corrected chi connectivity index (χ3v) is 18.6. The average Bonchev–Trinajstić information content (AvgIpc) is 0.743. The van der Waals surface area contributed by atoms with Crippen molar-refractivity contribution in [2.24, 2.45) is 42.3 Å². The summed E-state index contributed by atoms with van der Waals surface area (Å²) in [6.45, 7) is 29.1. The highest BCUT2D eigenvalue weighted by atomic mass is 19.4. The second-order valence-corrected chi connectivity index (χ2v) is 27.8. The van der Waals surface area contributed by atoms with Crippen molar-refractivity contribution < 1.29 is 88.9 Å². The molecular weight excluding hydrogens is 1310 g/mol. The minimum absolute atomic E-state index is 0.0760. The van der Waals surface area contributed by atoms with E-state index in [2.05, 4.69) is 27.7 Å². The molecule has 6 nitrogen and oxygen atoms in total. The van der Waals surface area contributed by atoms with Crippen LogP contribution in [0.2, 0.25) is 0 Å². The lowest BCUT2D eigenvalue weighted by Crippen LogP contribution is -2.34. The van der Waals surface area contributed by atoms with Gasteiger partial charge in [-0.25, -0.2) is 36.2 Å². The van der Waals surface area contributed by atoms with Crippen molar-refractivity contribution in [1.82, 2.24) is 0 Å². The summed E-state index contributed by atoms with van der Waals surface area (Å²) in [4.78, 5) is 0. The molecule has 0 radical (unpaired) electrons. The second-order valence-electron chi connectivity index (χ2n) is 27.8. The summed E-state index contributed by atoms with van der Waals surface area (Å²) < 4.78 is 210. The second kappa shape index (κ2) is 30.4. The molecule has 0 N–H and O–H groups in total. The molecule has 0 bridgehead atoms. The SMILES string of the molecule is CCc1c(-c2ccc(C(C)C)c[n+]2C)c(F)c(C(F)(F)F)c(F)c1-c1ccc(C(C)C)c[n+]1C.Cc1c(-c2ccc(C(C)C)c[n+]2C)c(C(F)(F)F)cc(C(F)(F)F)c1-c1ccc(C(C)C)c[n+]1C.Cc1c(-c2ccc(C(C)C)c[n+]2C)cc(C(F)(F)F)cc1-c1ccc(C(C)C)c[n+]1C. The van der Waals surface area contributed by atoms with E-state index in [1.165, 1.54) is 19.1 Å². The smallest absolute Gasteiger partial charge is 0.205 e. The van der Waals surface area contributed by atoms with E-state index in [1.807, 2.05) is 122 Å². The molecule has 9 rings (SSSR count). The van der Waals surface area contributed by atoms with Crippen molar-refractivity contribution in [3.63, 3.8) is 0 Å². The van der Waals surface area contributed by atoms with E-state index in [0.717, 1.165) is 50.3 Å². The first-order chi connectivity index (χ1) is 46.2.